The second kappa shape index (κ2) is 9.84. The fraction of sp³-hybridized carbons (Fsp3) is 0.667. The van der Waals surface area contributed by atoms with Gasteiger partial charge in [0.2, 0.25) is 0 Å². The summed E-state index contributed by atoms with van der Waals surface area (Å²) in [7, 11) is 1.80. The number of nitrogens with one attached hydrogen (secondary N) is 1. The summed E-state index contributed by atoms with van der Waals surface area (Å²) in [5.41, 5.74) is 0. The molecular weight excluding hydrogens is 220 g/mol. The Kier molecular flexibility index (Phi) is 9.05. The first-order chi connectivity index (χ1) is 8.15. The Hall–Kier alpha value is -1.36. The summed E-state index contributed by atoms with van der Waals surface area (Å²) in [6.45, 7) is 3.93. The van der Waals surface area contributed by atoms with Gasteiger partial charge in [0.25, 0.3) is 0 Å². The van der Waals surface area contributed by atoms with Crippen molar-refractivity contribution in [1.82, 2.24) is 10.2 Å². The third kappa shape index (κ3) is 7.52. The Morgan fingerprint density at radius 1 is 1.53 bits per heavy atom. The summed E-state index contributed by atoms with van der Waals surface area (Å²) in [6.07, 6.45) is 5.39. The molecule has 98 valence electrons. The molecule has 0 fully saturated rings. The third-order valence-corrected chi connectivity index (χ3v) is 2.63. The first kappa shape index (κ1) is 15.6. The van der Waals surface area contributed by atoms with Crippen molar-refractivity contribution >= 4 is 12.4 Å². The molecule has 17 heavy (non-hydrogen) atoms. The van der Waals surface area contributed by atoms with Crippen LogP contribution in [0, 0.1) is 0 Å². The number of aldehydes is 1. The zero-order valence-electron chi connectivity index (χ0n) is 10.4. The number of carbonyl (C=O) groups excluding carboxylic acids is 1. The predicted octanol–water partition coefficient (Wildman–Crippen LogP) is 1.50. The van der Waals surface area contributed by atoms with Crippen LogP contribution in [0.4, 0.5) is 4.79 Å². The van der Waals surface area contributed by atoms with Crippen molar-refractivity contribution in [3.05, 3.63) is 12.7 Å². The van der Waals surface area contributed by atoms with E-state index in [-0.39, 0.29) is 12.6 Å². The van der Waals surface area contributed by atoms with Crippen LogP contribution in [-0.4, -0.2) is 48.6 Å². The highest BCUT2D eigenvalue weighted by Crippen LogP contribution is 2.05. The average Bonchev–Trinajstić information content (AvgIpc) is 2.31. The molecule has 5 nitrogen and oxygen atoms in total. The topological polar surface area (TPSA) is 69.6 Å². The van der Waals surface area contributed by atoms with Crippen molar-refractivity contribution in [2.45, 2.75) is 31.7 Å². The summed E-state index contributed by atoms with van der Waals surface area (Å²) in [4.78, 5) is 22.3. The van der Waals surface area contributed by atoms with Crippen molar-refractivity contribution in [3.63, 3.8) is 0 Å². The van der Waals surface area contributed by atoms with Crippen LogP contribution in [0.15, 0.2) is 12.7 Å². The minimum absolute atomic E-state index is 0.0693. The molecule has 5 heteroatoms. The molecule has 2 N–H and O–H groups in total. The smallest absolute Gasteiger partial charge is 0.407 e. The van der Waals surface area contributed by atoms with Gasteiger partial charge >= 0.3 is 6.09 Å². The van der Waals surface area contributed by atoms with E-state index < -0.39 is 6.09 Å². The van der Waals surface area contributed by atoms with Gasteiger partial charge in [-0.2, -0.15) is 0 Å². The second-order valence-corrected chi connectivity index (χ2v) is 3.91. The number of allylic oxidation sites excluding steroid dienone is 1. The normalized spacial score (nSPS) is 11.8. The lowest BCUT2D eigenvalue weighted by Crippen LogP contribution is -2.42. The summed E-state index contributed by atoms with van der Waals surface area (Å²) < 4.78 is 0. The van der Waals surface area contributed by atoms with Crippen LogP contribution >= 0.6 is 0 Å². The van der Waals surface area contributed by atoms with Gasteiger partial charge in [-0.25, -0.2) is 4.79 Å². The Morgan fingerprint density at radius 2 is 2.24 bits per heavy atom. The molecule has 0 aliphatic heterocycles. The zero-order valence-corrected chi connectivity index (χ0v) is 10.4. The molecule has 0 spiro atoms. The lowest BCUT2D eigenvalue weighted by molar-refractivity contribution is -0.108. The molecule has 1 amide bonds. The number of carbonyl (C=O) groups is 2. The first-order valence-electron chi connectivity index (χ1n) is 5.85. The summed E-state index contributed by atoms with van der Waals surface area (Å²) in [5.74, 6) is 0. The fourth-order valence-electron chi connectivity index (χ4n) is 1.59. The van der Waals surface area contributed by atoms with Crippen molar-refractivity contribution in [3.8, 4) is 0 Å². The minimum Gasteiger partial charge on any atom is -0.465 e. The van der Waals surface area contributed by atoms with Gasteiger partial charge in [0.05, 0.1) is 6.54 Å². The van der Waals surface area contributed by atoms with Gasteiger partial charge in [-0.15, -0.1) is 6.58 Å². The molecule has 1 unspecified atom stereocenters. The standard InChI is InChI=1S/C12H22N2O3/c1-3-4-5-6-7-11(13-2)10-14(8-9-15)12(16)17/h3,9,11,13H,1,4-8,10H2,2H3,(H,16,17). The van der Waals surface area contributed by atoms with E-state index in [2.05, 4.69) is 11.9 Å². The highest BCUT2D eigenvalue weighted by molar-refractivity contribution is 5.69. The zero-order chi connectivity index (χ0) is 13.1. The van der Waals surface area contributed by atoms with Gasteiger partial charge in [-0.05, 0) is 26.3 Å². The van der Waals surface area contributed by atoms with Gasteiger partial charge in [-0.1, -0.05) is 12.5 Å². The van der Waals surface area contributed by atoms with Crippen molar-refractivity contribution < 1.29 is 14.7 Å². The van der Waals surface area contributed by atoms with E-state index in [1.165, 1.54) is 0 Å². The van der Waals surface area contributed by atoms with Crippen molar-refractivity contribution in [1.29, 1.82) is 0 Å². The largest absolute Gasteiger partial charge is 0.465 e. The summed E-state index contributed by atoms with van der Waals surface area (Å²) in [6, 6.07) is 0.0934. The van der Waals surface area contributed by atoms with Crippen molar-refractivity contribution in [2.75, 3.05) is 20.1 Å². The number of nitrogens with zero attached hydrogens (tertiary/aromatic N) is 1. The van der Waals surface area contributed by atoms with Gasteiger partial charge in [0, 0.05) is 12.6 Å². The lowest BCUT2D eigenvalue weighted by Gasteiger charge is -2.23. The molecule has 0 saturated carbocycles. The van der Waals surface area contributed by atoms with E-state index in [1.807, 2.05) is 6.08 Å². The van der Waals surface area contributed by atoms with E-state index in [0.717, 1.165) is 30.6 Å². The van der Waals surface area contributed by atoms with Gasteiger partial charge < -0.3 is 15.2 Å². The molecule has 0 aliphatic rings. The summed E-state index contributed by atoms with van der Waals surface area (Å²) in [5, 5.41) is 12.0. The number of likely N-dealkylation sites (N-methyl/N-ethyl adjacent to an activating group) is 1. The van der Waals surface area contributed by atoms with Crippen LogP contribution in [0.3, 0.4) is 0 Å². The van der Waals surface area contributed by atoms with Crippen LogP contribution < -0.4 is 5.32 Å². The number of hydrogen-bond donors (Lipinski definition) is 2. The quantitative estimate of drug-likeness (QED) is 0.346. The lowest BCUT2D eigenvalue weighted by atomic mass is 10.1. The van der Waals surface area contributed by atoms with E-state index in [4.69, 9.17) is 5.11 Å². The molecule has 0 bridgehead atoms. The first-order valence-corrected chi connectivity index (χ1v) is 5.85. The molecular formula is C12H22N2O3. The number of rotatable bonds is 10. The Balaban J connectivity index is 4.02. The number of carboxylic acid groups (broad SMARTS) is 1. The number of unbranched alkanes of at least 4 members (excludes halogenated alkanes) is 2. The maximum Gasteiger partial charge on any atom is 0.407 e. The number of hydrogen-bond acceptors (Lipinski definition) is 3. The maximum absolute atomic E-state index is 10.8. The van der Waals surface area contributed by atoms with Crippen LogP contribution in [0.25, 0.3) is 0 Å². The minimum atomic E-state index is -1.05. The Labute approximate surface area is 102 Å². The summed E-state index contributed by atoms with van der Waals surface area (Å²) >= 11 is 0. The van der Waals surface area contributed by atoms with Gasteiger partial charge in [-0.3, -0.25) is 4.90 Å². The second-order valence-electron chi connectivity index (χ2n) is 3.91. The molecule has 0 aromatic carbocycles. The van der Waals surface area contributed by atoms with E-state index in [9.17, 15) is 9.59 Å². The van der Waals surface area contributed by atoms with Crippen LogP contribution in [-0.2, 0) is 4.79 Å². The van der Waals surface area contributed by atoms with E-state index >= 15 is 0 Å². The highest BCUT2D eigenvalue weighted by atomic mass is 16.4. The Morgan fingerprint density at radius 3 is 2.71 bits per heavy atom. The molecule has 0 saturated heterocycles. The molecule has 0 aromatic rings. The maximum atomic E-state index is 10.8. The van der Waals surface area contributed by atoms with Gasteiger partial charge in [0.15, 0.2) is 0 Å². The Bertz CT molecular complexity index is 244. The van der Waals surface area contributed by atoms with Crippen molar-refractivity contribution in [2.24, 2.45) is 0 Å². The van der Waals surface area contributed by atoms with E-state index in [1.54, 1.807) is 7.05 Å². The van der Waals surface area contributed by atoms with E-state index in [0.29, 0.717) is 12.8 Å². The molecule has 0 aromatic heterocycles. The fourth-order valence-corrected chi connectivity index (χ4v) is 1.59. The third-order valence-electron chi connectivity index (χ3n) is 2.63. The number of amides is 1. The SMILES string of the molecule is C=CCCCCC(CN(CC=O)C(=O)O)NC. The molecule has 1 atom stereocenters. The average molecular weight is 242 g/mol. The highest BCUT2D eigenvalue weighted by Gasteiger charge is 2.16. The van der Waals surface area contributed by atoms with Gasteiger partial charge in [0.1, 0.15) is 6.29 Å². The molecule has 0 radical (unpaired) electrons. The molecule has 0 heterocycles. The van der Waals surface area contributed by atoms with Crippen LogP contribution in [0.5, 0.6) is 0 Å². The predicted molar refractivity (Wildman–Crippen MR) is 67.2 cm³/mol. The molecule has 0 rings (SSSR count). The van der Waals surface area contributed by atoms with Crippen LogP contribution in [0.2, 0.25) is 0 Å². The van der Waals surface area contributed by atoms with Crippen LogP contribution in [0.1, 0.15) is 25.7 Å². The molecule has 0 aliphatic carbocycles. The monoisotopic (exact) mass is 242 g/mol.